The molecule has 0 unspecified atom stereocenters. The fraction of sp³-hybridized carbons (Fsp3) is 0. The van der Waals surface area contributed by atoms with Gasteiger partial charge in [0.15, 0.2) is 0 Å². The Morgan fingerprint density at radius 1 is 0.640 bits per heavy atom. The molecular formula is C46H35NOPS+. The minimum absolute atomic E-state index is 0.900. The van der Waals surface area contributed by atoms with E-state index in [0.717, 1.165) is 49.3 Å². The quantitative estimate of drug-likeness (QED) is 0.170. The zero-order valence-corrected chi connectivity index (χ0v) is 29.1. The maximum absolute atomic E-state index is 12.7. The van der Waals surface area contributed by atoms with Gasteiger partial charge in [0.2, 0.25) is 7.49 Å². The summed E-state index contributed by atoms with van der Waals surface area (Å²) in [6.07, 6.45) is 12.7. The van der Waals surface area contributed by atoms with Gasteiger partial charge in [-0.25, -0.2) is 4.89 Å². The van der Waals surface area contributed by atoms with Gasteiger partial charge in [-0.2, -0.15) is 0 Å². The summed E-state index contributed by atoms with van der Waals surface area (Å²) >= 11 is 1.74. The standard InChI is InChI=1S/C46H35NOPS/c1-2-44-42(28-26-35-27-29-46-43(32-35)36-17-13-16-34(31-36)15-11-12-30-50-46)41-24-9-10-25-45(41)47(44)37-18-14-23-40(33-37)49(48,38-19-5-3-6-20-38)39-21-7-4-8-22-39/h2-33,48H,1H2/q+1/b15-11-,28-26+,30-12+. The predicted octanol–water partition coefficient (Wildman–Crippen LogP) is 10.9. The molecule has 4 heteroatoms. The predicted molar refractivity (Wildman–Crippen MR) is 219 cm³/mol. The van der Waals surface area contributed by atoms with Crippen LogP contribution in [0.5, 0.6) is 0 Å². The molecule has 2 nitrogen and oxygen atoms in total. The van der Waals surface area contributed by atoms with Crippen molar-refractivity contribution in [2.24, 2.45) is 0 Å². The highest BCUT2D eigenvalue weighted by atomic mass is 32.2. The molecule has 0 radical (unpaired) electrons. The van der Waals surface area contributed by atoms with E-state index in [9.17, 15) is 4.89 Å². The third-order valence-corrected chi connectivity index (χ3v) is 13.2. The molecule has 1 aromatic heterocycles. The third kappa shape index (κ3) is 5.91. The summed E-state index contributed by atoms with van der Waals surface area (Å²) in [7, 11) is -2.91. The van der Waals surface area contributed by atoms with Crippen molar-refractivity contribution in [2.75, 3.05) is 0 Å². The molecule has 1 aliphatic heterocycles. The van der Waals surface area contributed by atoms with Gasteiger partial charge in [0.25, 0.3) is 0 Å². The van der Waals surface area contributed by atoms with Crippen molar-refractivity contribution in [2.45, 2.75) is 4.90 Å². The Balaban J connectivity index is 1.24. The number of allylic oxidation sites excluding steroid dienone is 2. The largest absolute Gasteiger partial charge is 0.309 e. The first-order chi connectivity index (χ1) is 24.6. The van der Waals surface area contributed by atoms with Gasteiger partial charge >= 0.3 is 0 Å². The molecule has 0 fully saturated rings. The van der Waals surface area contributed by atoms with Gasteiger partial charge in [0.05, 0.1) is 16.9 Å². The van der Waals surface area contributed by atoms with Crippen molar-refractivity contribution in [3.8, 4) is 16.8 Å². The average molecular weight is 681 g/mol. The molecular weight excluding hydrogens is 646 g/mol. The number of benzene rings is 6. The summed E-state index contributed by atoms with van der Waals surface area (Å²) in [4.78, 5) is 13.9. The number of para-hydroxylation sites is 1. The average Bonchev–Trinajstić information content (AvgIpc) is 3.51. The number of nitrogens with zero attached hydrogens (tertiary/aromatic N) is 1. The van der Waals surface area contributed by atoms with Crippen LogP contribution in [0.1, 0.15) is 22.4 Å². The molecule has 50 heavy (non-hydrogen) atoms. The second-order valence-electron chi connectivity index (χ2n) is 12.2. The van der Waals surface area contributed by atoms with Gasteiger partial charge in [-0.1, -0.05) is 134 Å². The van der Waals surface area contributed by atoms with Gasteiger partial charge in [-0.05, 0) is 94.4 Å². The highest BCUT2D eigenvalue weighted by Gasteiger charge is 2.44. The van der Waals surface area contributed by atoms with Crippen LogP contribution in [-0.4, -0.2) is 9.46 Å². The summed E-state index contributed by atoms with van der Waals surface area (Å²) in [6, 6.07) is 52.4. The summed E-state index contributed by atoms with van der Waals surface area (Å²) in [6.45, 7) is 4.29. The van der Waals surface area contributed by atoms with E-state index < -0.39 is 7.49 Å². The van der Waals surface area contributed by atoms with E-state index in [0.29, 0.717) is 0 Å². The number of rotatable bonds is 7. The first kappa shape index (κ1) is 31.8. The summed E-state index contributed by atoms with van der Waals surface area (Å²) < 4.78 is 2.26. The van der Waals surface area contributed by atoms with Crippen molar-refractivity contribution < 1.29 is 4.89 Å². The molecule has 8 rings (SSSR count). The first-order valence-electron chi connectivity index (χ1n) is 16.7. The zero-order valence-electron chi connectivity index (χ0n) is 27.4. The minimum atomic E-state index is -2.91. The van der Waals surface area contributed by atoms with Crippen molar-refractivity contribution in [3.63, 3.8) is 0 Å². The van der Waals surface area contributed by atoms with Crippen LogP contribution in [-0.2, 0) is 0 Å². The first-order valence-corrected chi connectivity index (χ1v) is 19.3. The lowest BCUT2D eigenvalue weighted by atomic mass is 10.00. The number of thioether (sulfide) groups is 1. The lowest BCUT2D eigenvalue weighted by Crippen LogP contribution is -2.30. The number of aromatic nitrogens is 1. The number of hydrogen-bond acceptors (Lipinski definition) is 2. The van der Waals surface area contributed by atoms with Gasteiger partial charge in [0, 0.05) is 21.9 Å². The molecule has 0 spiro atoms. The van der Waals surface area contributed by atoms with E-state index >= 15 is 0 Å². The van der Waals surface area contributed by atoms with E-state index in [-0.39, 0.29) is 0 Å². The van der Waals surface area contributed by atoms with E-state index in [1.807, 2.05) is 66.7 Å². The Hall–Kier alpha value is -5.44. The highest BCUT2D eigenvalue weighted by molar-refractivity contribution is 8.02. The topological polar surface area (TPSA) is 25.2 Å². The molecule has 2 heterocycles. The van der Waals surface area contributed by atoms with Crippen molar-refractivity contribution >= 4 is 70.4 Å². The van der Waals surface area contributed by atoms with E-state index in [1.165, 1.54) is 21.6 Å². The fourth-order valence-electron chi connectivity index (χ4n) is 6.80. The van der Waals surface area contributed by atoms with Crippen LogP contribution in [0.25, 0.3) is 52.0 Å². The number of fused-ring (bicyclic) bond motifs is 5. The van der Waals surface area contributed by atoms with Crippen LogP contribution < -0.4 is 15.9 Å². The molecule has 1 aliphatic rings. The Kier molecular flexibility index (Phi) is 8.79. The van der Waals surface area contributed by atoms with Crippen LogP contribution in [0, 0.1) is 0 Å². The third-order valence-electron chi connectivity index (χ3n) is 9.18. The monoisotopic (exact) mass is 680 g/mol. The second-order valence-corrected chi connectivity index (χ2v) is 16.0. The lowest BCUT2D eigenvalue weighted by molar-refractivity contribution is 0.633. The second kappa shape index (κ2) is 13.8. The van der Waals surface area contributed by atoms with Crippen LogP contribution in [0.3, 0.4) is 0 Å². The summed E-state index contributed by atoms with van der Waals surface area (Å²) in [5.41, 5.74) is 8.89. The van der Waals surface area contributed by atoms with E-state index in [2.05, 4.69) is 138 Å². The minimum Gasteiger partial charge on any atom is -0.309 e. The molecule has 6 aromatic carbocycles. The van der Waals surface area contributed by atoms with Gasteiger partial charge in [0.1, 0.15) is 15.9 Å². The Morgan fingerprint density at radius 2 is 1.36 bits per heavy atom. The maximum atomic E-state index is 12.7. The van der Waals surface area contributed by atoms with Gasteiger partial charge in [-0.15, -0.1) is 0 Å². The molecule has 7 aromatic rings. The zero-order chi connectivity index (χ0) is 33.9. The Morgan fingerprint density at radius 3 is 2.14 bits per heavy atom. The molecule has 0 saturated carbocycles. The molecule has 0 amide bonds. The van der Waals surface area contributed by atoms with Crippen LogP contribution in [0.4, 0.5) is 0 Å². The van der Waals surface area contributed by atoms with Crippen LogP contribution >= 0.6 is 19.3 Å². The van der Waals surface area contributed by atoms with Crippen LogP contribution in [0.2, 0.25) is 0 Å². The van der Waals surface area contributed by atoms with Crippen molar-refractivity contribution in [3.05, 3.63) is 198 Å². The lowest BCUT2D eigenvalue weighted by Gasteiger charge is -2.21. The van der Waals surface area contributed by atoms with E-state index in [1.54, 1.807) is 11.8 Å². The molecule has 240 valence electrons. The summed E-state index contributed by atoms with van der Waals surface area (Å²) in [5, 5.41) is 6.03. The molecule has 0 aliphatic carbocycles. The molecule has 2 bridgehead atoms. The number of hydrogen-bond donors (Lipinski definition) is 1. The normalized spacial score (nSPS) is 13.9. The molecule has 0 atom stereocenters. The molecule has 1 N–H and O–H groups in total. The summed E-state index contributed by atoms with van der Waals surface area (Å²) in [5.74, 6) is 0. The Labute approximate surface area is 298 Å². The Bertz CT molecular complexity index is 2400. The van der Waals surface area contributed by atoms with E-state index in [4.69, 9.17) is 0 Å². The van der Waals surface area contributed by atoms with Gasteiger partial charge < -0.3 is 4.57 Å². The van der Waals surface area contributed by atoms with Gasteiger partial charge in [-0.3, -0.25) is 0 Å². The van der Waals surface area contributed by atoms with Crippen molar-refractivity contribution in [1.29, 1.82) is 0 Å². The van der Waals surface area contributed by atoms with Crippen LogP contribution in [0.15, 0.2) is 181 Å². The molecule has 0 saturated heterocycles. The highest BCUT2D eigenvalue weighted by Crippen LogP contribution is 2.51. The fourth-order valence-corrected chi connectivity index (χ4v) is 10.3. The smallest absolute Gasteiger partial charge is 0.238 e. The van der Waals surface area contributed by atoms with Crippen molar-refractivity contribution in [1.82, 2.24) is 4.57 Å². The SMILES string of the molecule is C=Cc1c(/C=C/c2ccc3c(c2)-c2cccc(c2)/C=C\C=C\S3)c2ccccc2n1-c1cccc([P+](O)(c2ccccc2)c2ccccc2)c1. The maximum Gasteiger partial charge on any atom is 0.238 e.